The largest absolute Gasteiger partial charge is 0.477 e. The van der Waals surface area contributed by atoms with Gasteiger partial charge in [0.15, 0.2) is 0 Å². The fourth-order valence-electron chi connectivity index (χ4n) is 1.91. The van der Waals surface area contributed by atoms with Gasteiger partial charge in [-0.3, -0.25) is 0 Å². The minimum Gasteiger partial charge on any atom is -0.477 e. The molecule has 0 amide bonds. The van der Waals surface area contributed by atoms with E-state index >= 15 is 0 Å². The number of hydrogen-bond donors (Lipinski definition) is 0. The molecule has 1 aromatic carbocycles. The van der Waals surface area contributed by atoms with Gasteiger partial charge in [0.25, 0.3) is 0 Å². The van der Waals surface area contributed by atoms with Crippen molar-refractivity contribution in [2.24, 2.45) is 0 Å². The molecule has 7 heteroatoms. The first-order valence-corrected chi connectivity index (χ1v) is 6.70. The highest BCUT2D eigenvalue weighted by molar-refractivity contribution is 5.57. The number of nitrogens with zero attached hydrogens (tertiary/aromatic N) is 3. The van der Waals surface area contributed by atoms with Crippen LogP contribution in [0, 0.1) is 6.92 Å². The minimum atomic E-state index is -4.55. The Morgan fingerprint density at radius 1 is 1.27 bits per heavy atom. The molecule has 0 aliphatic carbocycles. The molecular weight excluding hydrogens is 295 g/mol. The summed E-state index contributed by atoms with van der Waals surface area (Å²) in [5.74, 6) is -0.318. The van der Waals surface area contributed by atoms with Crippen LogP contribution in [0.3, 0.4) is 0 Å². The van der Waals surface area contributed by atoms with Crippen LogP contribution in [0.1, 0.15) is 18.1 Å². The van der Waals surface area contributed by atoms with Crippen molar-refractivity contribution in [3.8, 4) is 5.88 Å². The molecule has 2 rings (SSSR count). The minimum absolute atomic E-state index is 0.0910. The van der Waals surface area contributed by atoms with Crippen LogP contribution in [0.15, 0.2) is 30.5 Å². The summed E-state index contributed by atoms with van der Waals surface area (Å²) in [4.78, 5) is 9.32. The van der Waals surface area contributed by atoms with E-state index in [9.17, 15) is 13.2 Å². The fraction of sp³-hybridized carbons (Fsp3) is 0.333. The lowest BCUT2D eigenvalue weighted by Gasteiger charge is -2.19. The molecule has 1 heterocycles. The average molecular weight is 311 g/mol. The first-order chi connectivity index (χ1) is 10.3. The van der Waals surface area contributed by atoms with Crippen LogP contribution >= 0.6 is 0 Å². The highest BCUT2D eigenvalue weighted by Gasteiger charge is 2.36. The van der Waals surface area contributed by atoms with Crippen molar-refractivity contribution in [3.05, 3.63) is 41.6 Å². The molecule has 0 atom stereocenters. The molecule has 0 aliphatic rings. The van der Waals surface area contributed by atoms with Crippen molar-refractivity contribution in [2.75, 3.05) is 18.6 Å². The van der Waals surface area contributed by atoms with E-state index in [-0.39, 0.29) is 12.6 Å². The number of benzene rings is 1. The summed E-state index contributed by atoms with van der Waals surface area (Å²) in [6, 6.07) is 7.50. The van der Waals surface area contributed by atoms with Gasteiger partial charge in [0.05, 0.1) is 6.61 Å². The summed E-state index contributed by atoms with van der Waals surface area (Å²) >= 11 is 0. The molecular formula is C15H16F3N3O. The van der Waals surface area contributed by atoms with Crippen molar-refractivity contribution in [1.29, 1.82) is 0 Å². The Morgan fingerprint density at radius 3 is 2.59 bits per heavy atom. The maximum absolute atomic E-state index is 12.9. The van der Waals surface area contributed by atoms with Crippen molar-refractivity contribution < 1.29 is 17.9 Å². The molecule has 0 unspecified atom stereocenters. The molecule has 0 saturated heterocycles. The monoisotopic (exact) mass is 311 g/mol. The number of anilines is 2. The Hall–Kier alpha value is -2.31. The summed E-state index contributed by atoms with van der Waals surface area (Å²) in [6.45, 7) is 3.62. The second kappa shape index (κ2) is 6.21. The van der Waals surface area contributed by atoms with Crippen molar-refractivity contribution >= 4 is 11.6 Å². The van der Waals surface area contributed by atoms with Crippen LogP contribution in [-0.4, -0.2) is 23.6 Å². The Balaban J connectivity index is 2.42. The Labute approximate surface area is 126 Å². The highest BCUT2D eigenvalue weighted by atomic mass is 19.4. The molecule has 0 spiro atoms. The molecule has 0 radical (unpaired) electrons. The van der Waals surface area contributed by atoms with Crippen LogP contribution in [0.25, 0.3) is 0 Å². The normalized spacial score (nSPS) is 11.4. The van der Waals surface area contributed by atoms with Gasteiger partial charge in [0.1, 0.15) is 5.56 Å². The lowest BCUT2D eigenvalue weighted by atomic mass is 10.2. The number of aryl methyl sites for hydroxylation is 1. The number of alkyl halides is 3. The highest BCUT2D eigenvalue weighted by Crippen LogP contribution is 2.36. The van der Waals surface area contributed by atoms with Gasteiger partial charge in [-0.25, -0.2) is 4.98 Å². The number of rotatable bonds is 4. The lowest BCUT2D eigenvalue weighted by Crippen LogP contribution is -2.17. The maximum Gasteiger partial charge on any atom is 0.423 e. The van der Waals surface area contributed by atoms with Crippen LogP contribution < -0.4 is 9.64 Å². The van der Waals surface area contributed by atoms with E-state index in [2.05, 4.69) is 9.97 Å². The van der Waals surface area contributed by atoms with Gasteiger partial charge in [-0.2, -0.15) is 18.2 Å². The third kappa shape index (κ3) is 3.47. The first kappa shape index (κ1) is 16.1. The average Bonchev–Trinajstić information content (AvgIpc) is 2.45. The zero-order valence-corrected chi connectivity index (χ0v) is 12.5. The van der Waals surface area contributed by atoms with E-state index in [4.69, 9.17) is 4.74 Å². The topological polar surface area (TPSA) is 38.2 Å². The summed E-state index contributed by atoms with van der Waals surface area (Å²) in [7, 11) is 1.69. The van der Waals surface area contributed by atoms with Gasteiger partial charge in [0, 0.05) is 18.9 Å². The van der Waals surface area contributed by atoms with Gasteiger partial charge in [-0.05, 0) is 31.5 Å². The van der Waals surface area contributed by atoms with E-state index in [1.165, 1.54) is 0 Å². The maximum atomic E-state index is 12.9. The second-order valence-electron chi connectivity index (χ2n) is 4.72. The number of hydrogen-bond acceptors (Lipinski definition) is 4. The standard InChI is InChI=1S/C15H16F3N3O/c1-4-22-13-12(15(16,17)18)9-19-14(20-13)21(3)11-7-5-6-10(2)8-11/h5-9H,4H2,1-3H3. The van der Waals surface area contributed by atoms with Crippen molar-refractivity contribution in [3.63, 3.8) is 0 Å². The number of halogens is 3. The van der Waals surface area contributed by atoms with E-state index in [1.54, 1.807) is 18.9 Å². The van der Waals surface area contributed by atoms with Gasteiger partial charge in [-0.15, -0.1) is 0 Å². The second-order valence-corrected chi connectivity index (χ2v) is 4.72. The smallest absolute Gasteiger partial charge is 0.423 e. The first-order valence-electron chi connectivity index (χ1n) is 6.70. The Morgan fingerprint density at radius 2 is 2.00 bits per heavy atom. The van der Waals surface area contributed by atoms with Gasteiger partial charge < -0.3 is 9.64 Å². The summed E-state index contributed by atoms with van der Waals surface area (Å²) in [6.07, 6.45) is -3.80. The van der Waals surface area contributed by atoms with Crippen LogP contribution in [0.2, 0.25) is 0 Å². The Bertz CT molecular complexity index is 659. The molecule has 22 heavy (non-hydrogen) atoms. The summed E-state index contributed by atoms with van der Waals surface area (Å²) in [5.41, 5.74) is 0.833. The van der Waals surface area contributed by atoms with E-state index < -0.39 is 17.6 Å². The predicted octanol–water partition coefficient (Wildman–Crippen LogP) is 3.97. The van der Waals surface area contributed by atoms with Crippen LogP contribution in [0.5, 0.6) is 5.88 Å². The fourth-order valence-corrected chi connectivity index (χ4v) is 1.91. The van der Waals surface area contributed by atoms with E-state index in [0.717, 1.165) is 17.4 Å². The SMILES string of the molecule is CCOc1nc(N(C)c2cccc(C)c2)ncc1C(F)(F)F. The lowest BCUT2D eigenvalue weighted by molar-refractivity contribution is -0.139. The zero-order chi connectivity index (χ0) is 16.3. The van der Waals surface area contributed by atoms with E-state index in [0.29, 0.717) is 0 Å². The Kier molecular flexibility index (Phi) is 4.54. The third-order valence-corrected chi connectivity index (χ3v) is 3.02. The molecule has 4 nitrogen and oxygen atoms in total. The molecule has 0 aliphatic heterocycles. The third-order valence-electron chi connectivity index (χ3n) is 3.02. The van der Waals surface area contributed by atoms with Gasteiger partial charge in [-0.1, -0.05) is 12.1 Å². The van der Waals surface area contributed by atoms with Crippen LogP contribution in [-0.2, 0) is 6.18 Å². The van der Waals surface area contributed by atoms with Crippen LogP contribution in [0.4, 0.5) is 24.8 Å². The number of ether oxygens (including phenoxy) is 1. The van der Waals surface area contributed by atoms with Crippen molar-refractivity contribution in [2.45, 2.75) is 20.0 Å². The summed E-state index contributed by atoms with van der Waals surface area (Å²) < 4.78 is 43.7. The molecule has 0 fully saturated rings. The quantitative estimate of drug-likeness (QED) is 0.856. The van der Waals surface area contributed by atoms with Crippen molar-refractivity contribution in [1.82, 2.24) is 9.97 Å². The molecule has 118 valence electrons. The predicted molar refractivity (Wildman–Crippen MR) is 77.4 cm³/mol. The number of aromatic nitrogens is 2. The van der Waals surface area contributed by atoms with Gasteiger partial charge in [0.2, 0.25) is 11.8 Å². The molecule has 1 aromatic heterocycles. The molecule has 0 N–H and O–H groups in total. The molecule has 0 bridgehead atoms. The van der Waals surface area contributed by atoms with E-state index in [1.807, 2.05) is 31.2 Å². The van der Waals surface area contributed by atoms with Gasteiger partial charge >= 0.3 is 6.18 Å². The zero-order valence-electron chi connectivity index (χ0n) is 12.5. The molecule has 0 saturated carbocycles. The molecule has 2 aromatic rings. The summed E-state index contributed by atoms with van der Waals surface area (Å²) in [5, 5.41) is 0.